The Morgan fingerprint density at radius 1 is 1.24 bits per heavy atom. The Hall–Kier alpha value is -2.35. The number of carbonyl (C=O) groups excluding carboxylic acids is 1. The molecule has 2 rings (SSSR count). The minimum atomic E-state index is -0.907. The third-order valence-corrected chi connectivity index (χ3v) is 4.12. The molecule has 21 heavy (non-hydrogen) atoms. The number of carboxylic acids is 1. The molecule has 0 bridgehead atoms. The van der Waals surface area contributed by atoms with Gasteiger partial charge in [-0.3, -0.25) is 9.59 Å². The van der Waals surface area contributed by atoms with Crippen molar-refractivity contribution < 1.29 is 14.7 Å². The van der Waals surface area contributed by atoms with Crippen LogP contribution in [0.25, 0.3) is 0 Å². The van der Waals surface area contributed by atoms with Gasteiger partial charge in [0.05, 0.1) is 23.1 Å². The van der Waals surface area contributed by atoms with Gasteiger partial charge in [0.25, 0.3) is 0 Å². The molecular weight excluding hydrogens is 268 g/mol. The highest BCUT2D eigenvalue weighted by Gasteiger charge is 2.37. The average Bonchev–Trinajstić information content (AvgIpc) is 2.53. The maximum Gasteiger partial charge on any atom is 0.307 e. The Labute approximate surface area is 123 Å². The van der Waals surface area contributed by atoms with E-state index < -0.39 is 17.8 Å². The van der Waals surface area contributed by atoms with Gasteiger partial charge in [-0.15, -0.1) is 0 Å². The summed E-state index contributed by atoms with van der Waals surface area (Å²) in [6, 6.07) is 8.91. The number of amides is 1. The Bertz CT molecular complexity index is 591. The van der Waals surface area contributed by atoms with Gasteiger partial charge in [0.15, 0.2) is 0 Å². The van der Waals surface area contributed by atoms with E-state index in [1.807, 2.05) is 0 Å². The van der Waals surface area contributed by atoms with Gasteiger partial charge in [0, 0.05) is 7.05 Å². The van der Waals surface area contributed by atoms with E-state index in [0.717, 1.165) is 12.8 Å². The van der Waals surface area contributed by atoms with Crippen molar-refractivity contribution in [3.05, 3.63) is 29.8 Å². The molecule has 1 aliphatic rings. The lowest BCUT2D eigenvalue weighted by atomic mass is 9.78. The highest BCUT2D eigenvalue weighted by atomic mass is 16.4. The van der Waals surface area contributed by atoms with Crippen molar-refractivity contribution >= 4 is 17.6 Å². The largest absolute Gasteiger partial charge is 0.481 e. The van der Waals surface area contributed by atoms with E-state index in [1.165, 1.54) is 4.90 Å². The summed E-state index contributed by atoms with van der Waals surface area (Å²) in [7, 11) is 1.60. The molecule has 0 spiro atoms. The second-order valence-corrected chi connectivity index (χ2v) is 5.36. The van der Waals surface area contributed by atoms with Crippen LogP contribution in [0.5, 0.6) is 0 Å². The number of para-hydroxylation sites is 1. The van der Waals surface area contributed by atoms with Crippen molar-refractivity contribution in [2.24, 2.45) is 11.8 Å². The molecule has 1 aromatic carbocycles. The van der Waals surface area contributed by atoms with Crippen molar-refractivity contribution in [3.63, 3.8) is 0 Å². The number of nitriles is 1. The van der Waals surface area contributed by atoms with Gasteiger partial charge >= 0.3 is 5.97 Å². The molecule has 0 heterocycles. The second-order valence-electron chi connectivity index (χ2n) is 5.36. The number of carbonyl (C=O) groups is 2. The predicted octanol–water partition coefficient (Wildman–Crippen LogP) is 2.41. The van der Waals surface area contributed by atoms with Crippen LogP contribution in [-0.4, -0.2) is 24.0 Å². The lowest BCUT2D eigenvalue weighted by Crippen LogP contribution is -2.41. The molecular formula is C16H18N2O3. The molecule has 0 saturated heterocycles. The zero-order chi connectivity index (χ0) is 15.4. The maximum atomic E-state index is 12.6. The molecule has 1 saturated carbocycles. The molecule has 1 aliphatic carbocycles. The summed E-state index contributed by atoms with van der Waals surface area (Å²) < 4.78 is 0. The topological polar surface area (TPSA) is 81.4 Å². The number of carboxylic acid groups (broad SMARTS) is 1. The number of hydrogen-bond donors (Lipinski definition) is 1. The first kappa shape index (κ1) is 15.0. The van der Waals surface area contributed by atoms with Crippen LogP contribution in [0.1, 0.15) is 31.2 Å². The van der Waals surface area contributed by atoms with Gasteiger partial charge in [0.2, 0.25) is 5.91 Å². The summed E-state index contributed by atoms with van der Waals surface area (Å²) in [5.74, 6) is -2.25. The monoisotopic (exact) mass is 286 g/mol. The van der Waals surface area contributed by atoms with Crippen LogP contribution in [0.3, 0.4) is 0 Å². The fourth-order valence-corrected chi connectivity index (χ4v) is 2.95. The molecule has 5 heteroatoms. The minimum Gasteiger partial charge on any atom is -0.481 e. The van der Waals surface area contributed by atoms with Crippen molar-refractivity contribution in [2.75, 3.05) is 11.9 Å². The number of nitrogens with zero attached hydrogens (tertiary/aromatic N) is 2. The summed E-state index contributed by atoms with van der Waals surface area (Å²) in [5.41, 5.74) is 0.941. The Balaban J connectivity index is 2.26. The van der Waals surface area contributed by atoms with Crippen LogP contribution in [0, 0.1) is 23.2 Å². The molecule has 5 nitrogen and oxygen atoms in total. The lowest BCUT2D eigenvalue weighted by molar-refractivity contribution is -0.148. The summed E-state index contributed by atoms with van der Waals surface area (Å²) in [5, 5.41) is 18.4. The van der Waals surface area contributed by atoms with Crippen LogP contribution in [0.4, 0.5) is 5.69 Å². The average molecular weight is 286 g/mol. The van der Waals surface area contributed by atoms with Gasteiger partial charge in [-0.05, 0) is 25.0 Å². The fourth-order valence-electron chi connectivity index (χ4n) is 2.95. The summed E-state index contributed by atoms with van der Waals surface area (Å²) >= 11 is 0. The van der Waals surface area contributed by atoms with Crippen molar-refractivity contribution in [3.8, 4) is 6.07 Å². The summed E-state index contributed by atoms with van der Waals surface area (Å²) in [6.07, 6.45) is 2.85. The zero-order valence-electron chi connectivity index (χ0n) is 12.0. The molecule has 1 fully saturated rings. The molecule has 0 radical (unpaired) electrons. The fraction of sp³-hybridized carbons (Fsp3) is 0.438. The number of rotatable bonds is 3. The Kier molecular flexibility index (Phi) is 4.59. The summed E-state index contributed by atoms with van der Waals surface area (Å²) in [6.45, 7) is 0. The smallest absolute Gasteiger partial charge is 0.307 e. The van der Waals surface area contributed by atoms with Gasteiger partial charge in [-0.1, -0.05) is 25.0 Å². The molecule has 2 unspecified atom stereocenters. The van der Waals surface area contributed by atoms with Crippen molar-refractivity contribution in [2.45, 2.75) is 25.7 Å². The van der Waals surface area contributed by atoms with Gasteiger partial charge in [-0.25, -0.2) is 0 Å². The van der Waals surface area contributed by atoms with E-state index in [2.05, 4.69) is 6.07 Å². The van der Waals surface area contributed by atoms with E-state index >= 15 is 0 Å². The molecule has 1 aromatic rings. The third kappa shape index (κ3) is 3.05. The number of anilines is 1. The number of benzene rings is 1. The highest BCUT2D eigenvalue weighted by Crippen LogP contribution is 2.33. The maximum absolute atomic E-state index is 12.6. The van der Waals surface area contributed by atoms with Crippen molar-refractivity contribution in [1.82, 2.24) is 0 Å². The summed E-state index contributed by atoms with van der Waals surface area (Å²) in [4.78, 5) is 25.4. The van der Waals surface area contributed by atoms with Crippen LogP contribution < -0.4 is 4.90 Å². The highest BCUT2D eigenvalue weighted by molar-refractivity contribution is 5.97. The van der Waals surface area contributed by atoms with Gasteiger partial charge in [0.1, 0.15) is 6.07 Å². The van der Waals surface area contributed by atoms with Gasteiger partial charge in [-0.2, -0.15) is 5.26 Å². The molecule has 1 amide bonds. The standard InChI is InChI=1S/C16H18N2O3/c1-18(14-9-5-2-6-11(14)10-17)15(19)12-7-3-4-8-13(12)16(20)21/h2,5-6,9,12-13H,3-4,7-8H2,1H3,(H,20,21). The zero-order valence-corrected chi connectivity index (χ0v) is 12.0. The Morgan fingerprint density at radius 3 is 2.48 bits per heavy atom. The quantitative estimate of drug-likeness (QED) is 0.925. The second kappa shape index (κ2) is 6.40. The van der Waals surface area contributed by atoms with Crippen LogP contribution in [0.15, 0.2) is 24.3 Å². The SMILES string of the molecule is CN(C(=O)C1CCCCC1C(=O)O)c1ccccc1C#N. The molecule has 0 aliphatic heterocycles. The van der Waals surface area contributed by atoms with E-state index in [1.54, 1.807) is 31.3 Å². The van der Waals surface area contributed by atoms with E-state index in [9.17, 15) is 14.7 Å². The lowest BCUT2D eigenvalue weighted by Gasteiger charge is -2.31. The van der Waals surface area contributed by atoms with Crippen LogP contribution >= 0.6 is 0 Å². The predicted molar refractivity (Wildman–Crippen MR) is 77.7 cm³/mol. The molecule has 110 valence electrons. The van der Waals surface area contributed by atoms with Crippen LogP contribution in [0.2, 0.25) is 0 Å². The molecule has 1 N–H and O–H groups in total. The van der Waals surface area contributed by atoms with Crippen molar-refractivity contribution in [1.29, 1.82) is 5.26 Å². The van der Waals surface area contributed by atoms with E-state index in [4.69, 9.17) is 5.26 Å². The molecule has 0 aromatic heterocycles. The van der Waals surface area contributed by atoms with E-state index in [0.29, 0.717) is 24.1 Å². The van der Waals surface area contributed by atoms with Gasteiger partial charge < -0.3 is 10.0 Å². The molecule has 2 atom stereocenters. The first-order valence-corrected chi connectivity index (χ1v) is 7.05. The van der Waals surface area contributed by atoms with E-state index in [-0.39, 0.29) is 5.91 Å². The first-order valence-electron chi connectivity index (χ1n) is 7.05. The number of aliphatic carboxylic acids is 1. The Morgan fingerprint density at radius 2 is 1.86 bits per heavy atom. The number of hydrogen-bond acceptors (Lipinski definition) is 3. The van der Waals surface area contributed by atoms with Crippen LogP contribution in [-0.2, 0) is 9.59 Å². The minimum absolute atomic E-state index is 0.218. The first-order chi connectivity index (χ1) is 10.1. The third-order valence-electron chi connectivity index (χ3n) is 4.12. The normalized spacial score (nSPS) is 21.3.